The van der Waals surface area contributed by atoms with E-state index in [0.717, 1.165) is 80.9 Å². The zero-order valence-corrected chi connectivity index (χ0v) is 34.3. The van der Waals surface area contributed by atoms with Crippen molar-refractivity contribution in [2.24, 2.45) is 0 Å². The summed E-state index contributed by atoms with van der Waals surface area (Å²) in [5, 5.41) is 0. The number of unbranched alkanes of at least 4 members (excludes halogenated alkanes) is 3. The highest BCUT2D eigenvalue weighted by atomic mass is 32.1. The molecule has 0 N–H and O–H groups in total. The average molecular weight is 797 g/mol. The van der Waals surface area contributed by atoms with Gasteiger partial charge in [0.25, 0.3) is 11.5 Å². The van der Waals surface area contributed by atoms with Crippen molar-refractivity contribution < 1.29 is 42.3 Å². The summed E-state index contributed by atoms with van der Waals surface area (Å²) in [7, 11) is 2.02. The van der Waals surface area contributed by atoms with E-state index in [1.54, 1.807) is 48.5 Å². The quantitative estimate of drug-likeness (QED) is 0.0427. The van der Waals surface area contributed by atoms with Crippen molar-refractivity contribution >= 4 is 35.2 Å². The lowest BCUT2D eigenvalue weighted by Gasteiger charge is -2.47. The van der Waals surface area contributed by atoms with Crippen LogP contribution in [0.2, 0.25) is 0 Å². The van der Waals surface area contributed by atoms with Crippen LogP contribution in [0.15, 0.2) is 66.7 Å². The van der Waals surface area contributed by atoms with E-state index in [9.17, 15) is 14.4 Å². The lowest BCUT2D eigenvalue weighted by molar-refractivity contribution is -0.956. The third kappa shape index (κ3) is 8.66. The van der Waals surface area contributed by atoms with Gasteiger partial charge in [-0.15, -0.1) is 4.37 Å². The van der Waals surface area contributed by atoms with E-state index in [4.69, 9.17) is 18.9 Å². The van der Waals surface area contributed by atoms with Crippen molar-refractivity contribution in [1.82, 2.24) is 8.75 Å². The molecule has 0 aliphatic carbocycles. The molecule has 0 saturated carbocycles. The smallest absolute Gasteiger partial charge is 0.389 e. The summed E-state index contributed by atoms with van der Waals surface area (Å²) in [4.78, 5) is 41.6. The number of carbonyl (C=O) groups is 3. The van der Waals surface area contributed by atoms with Crippen molar-refractivity contribution in [2.75, 3.05) is 39.8 Å². The van der Waals surface area contributed by atoms with Gasteiger partial charge in [0.15, 0.2) is 0 Å². The van der Waals surface area contributed by atoms with Gasteiger partial charge in [-0.3, -0.25) is 4.48 Å². The second kappa shape index (κ2) is 17.9. The lowest BCUT2D eigenvalue weighted by atomic mass is 9.85. The van der Waals surface area contributed by atoms with Gasteiger partial charge >= 0.3 is 17.9 Å². The Balaban J connectivity index is 1.04. The standard InChI is InChI=1S/C45H56N4O7S/c1-4-5-6-15-29-53-43-42(46-57-47-43)34-17-16-26-48(3,32-34)33(2)54-40(50)24-25-41(51)56-45(35-18-9-7-10-19-35,36-20-11-8-12-21-36)44(52)55-39-30-37-22-23-38(31-39)49(37)27-13-14-28-49/h7-12,17-21,33,37-39H,4-6,13-16,22-23,26-32H2,1-3H3/q+2. The van der Waals surface area contributed by atoms with Gasteiger partial charge < -0.3 is 23.4 Å². The van der Waals surface area contributed by atoms with Crippen molar-refractivity contribution in [3.05, 3.63) is 83.6 Å². The number of piperidine rings is 1. The number of benzene rings is 2. The largest absolute Gasteiger partial charge is 0.475 e. The Bertz CT molecular complexity index is 1910. The van der Waals surface area contributed by atoms with Gasteiger partial charge in [-0.2, -0.15) is 4.37 Å². The summed E-state index contributed by atoms with van der Waals surface area (Å²) < 4.78 is 34.9. The molecule has 0 radical (unpaired) electrons. The van der Waals surface area contributed by atoms with E-state index in [0.29, 0.717) is 46.7 Å². The molecule has 4 aliphatic rings. The molecule has 3 saturated heterocycles. The second-order valence-electron chi connectivity index (χ2n) is 16.4. The lowest BCUT2D eigenvalue weighted by Crippen LogP contribution is -2.60. The number of rotatable bonds is 14. The van der Waals surface area contributed by atoms with Gasteiger partial charge in [0, 0.05) is 80.4 Å². The molecule has 11 nitrogen and oxygen atoms in total. The molecule has 302 valence electrons. The summed E-state index contributed by atoms with van der Waals surface area (Å²) in [5.41, 5.74) is 0.635. The van der Waals surface area contributed by atoms with Crippen LogP contribution in [0.1, 0.15) is 101 Å². The molecule has 4 unspecified atom stereocenters. The Hall–Kier alpha value is -4.57. The summed E-state index contributed by atoms with van der Waals surface area (Å²) >= 11 is 1.12. The minimum absolute atomic E-state index is 0.288. The second-order valence-corrected chi connectivity index (χ2v) is 16.9. The highest BCUT2D eigenvalue weighted by Crippen LogP contribution is 2.47. The maximum absolute atomic E-state index is 14.7. The molecule has 0 amide bonds. The minimum atomic E-state index is -1.94. The molecule has 4 atom stereocenters. The number of likely N-dealkylation sites (N-methyl/N-ethyl adjacent to an activating group) is 1. The Morgan fingerprint density at radius 3 is 2.18 bits per heavy atom. The normalized spacial score (nSPS) is 24.1. The molecule has 57 heavy (non-hydrogen) atoms. The molecular weight excluding hydrogens is 741 g/mol. The molecule has 1 spiro atoms. The summed E-state index contributed by atoms with van der Waals surface area (Å²) in [6.07, 6.45) is 12.8. The number of nitrogens with zero attached hydrogens (tertiary/aromatic N) is 4. The molecule has 12 heteroatoms. The highest BCUT2D eigenvalue weighted by molar-refractivity contribution is 6.99. The number of ether oxygens (including phenoxy) is 4. The number of hydrogen-bond donors (Lipinski definition) is 0. The van der Waals surface area contributed by atoms with E-state index < -0.39 is 29.7 Å². The van der Waals surface area contributed by atoms with E-state index in [1.807, 2.05) is 26.1 Å². The first-order valence-corrected chi connectivity index (χ1v) is 21.5. The zero-order valence-electron chi connectivity index (χ0n) is 33.5. The van der Waals surface area contributed by atoms with Gasteiger partial charge in [-0.05, 0) is 6.42 Å². The van der Waals surface area contributed by atoms with Crippen LogP contribution in [0, 0.1) is 11.8 Å². The van der Waals surface area contributed by atoms with Crippen molar-refractivity contribution in [3.8, 4) is 17.7 Å². The molecule has 2 bridgehead atoms. The molecule has 3 aromatic rings. The van der Waals surface area contributed by atoms with Crippen LogP contribution in [0.3, 0.4) is 0 Å². The molecule has 1 aromatic heterocycles. The zero-order chi connectivity index (χ0) is 39.9. The van der Waals surface area contributed by atoms with E-state index in [2.05, 4.69) is 33.6 Å². The first kappa shape index (κ1) is 40.6. The van der Waals surface area contributed by atoms with Crippen LogP contribution in [0.5, 0.6) is 5.88 Å². The van der Waals surface area contributed by atoms with Crippen LogP contribution in [-0.4, -0.2) is 99.9 Å². The fourth-order valence-corrected chi connectivity index (χ4v) is 10.3. The predicted molar refractivity (Wildman–Crippen MR) is 216 cm³/mol. The molecule has 4 aliphatic heterocycles. The van der Waals surface area contributed by atoms with Crippen LogP contribution in [-0.2, 0) is 34.2 Å². The van der Waals surface area contributed by atoms with Gasteiger partial charge in [0.2, 0.25) is 6.23 Å². The Morgan fingerprint density at radius 1 is 0.877 bits per heavy atom. The number of hydrogen-bond acceptors (Lipinski definition) is 10. The average Bonchev–Trinajstić information content (AvgIpc) is 3.94. The maximum atomic E-state index is 14.7. The van der Waals surface area contributed by atoms with Gasteiger partial charge in [0.05, 0.1) is 57.1 Å². The summed E-state index contributed by atoms with van der Waals surface area (Å²) in [6, 6.07) is 18.8. The van der Waals surface area contributed by atoms with E-state index >= 15 is 0 Å². The number of aromatic nitrogens is 2. The SMILES string of the molecule is CCCCCCOc1nsnc1C1=CCC[N+](C)(C(C)OC(=O)C#CC(=O)OC(C(=O)OC2CC3CCC(C2)[N+]32CCCC2)(c2ccccc2)c2ccccc2)C1. The third-order valence-electron chi connectivity index (χ3n) is 12.9. The van der Waals surface area contributed by atoms with E-state index in [-0.39, 0.29) is 6.10 Å². The molecular formula is C45H56N4O7S+2. The number of esters is 3. The molecule has 2 aromatic carbocycles. The fraction of sp³-hybridized carbons (Fsp3) is 0.533. The van der Waals surface area contributed by atoms with Crippen LogP contribution in [0.4, 0.5) is 0 Å². The van der Waals surface area contributed by atoms with E-state index in [1.165, 1.54) is 36.8 Å². The van der Waals surface area contributed by atoms with Crippen molar-refractivity contribution in [2.45, 2.75) is 114 Å². The van der Waals surface area contributed by atoms with Crippen molar-refractivity contribution in [3.63, 3.8) is 0 Å². The highest BCUT2D eigenvalue weighted by Gasteiger charge is 2.57. The fourth-order valence-electron chi connectivity index (χ4n) is 9.74. The Kier molecular flexibility index (Phi) is 12.8. The monoisotopic (exact) mass is 796 g/mol. The topological polar surface area (TPSA) is 114 Å². The first-order valence-electron chi connectivity index (χ1n) is 20.8. The Labute approximate surface area is 340 Å². The van der Waals surface area contributed by atoms with Crippen LogP contribution >= 0.6 is 11.7 Å². The Morgan fingerprint density at radius 2 is 1.53 bits per heavy atom. The predicted octanol–water partition coefficient (Wildman–Crippen LogP) is 6.96. The van der Waals surface area contributed by atoms with Crippen molar-refractivity contribution in [1.29, 1.82) is 0 Å². The van der Waals surface area contributed by atoms with Gasteiger partial charge in [-0.1, -0.05) is 92.9 Å². The van der Waals surface area contributed by atoms with Gasteiger partial charge in [0.1, 0.15) is 18.3 Å². The minimum Gasteiger partial charge on any atom is -0.475 e. The molecule has 5 heterocycles. The van der Waals surface area contributed by atoms with Crippen LogP contribution < -0.4 is 4.74 Å². The maximum Gasteiger partial charge on any atom is 0.389 e. The van der Waals surface area contributed by atoms with Gasteiger partial charge in [-0.25, -0.2) is 14.4 Å². The van der Waals surface area contributed by atoms with Crippen LogP contribution in [0.25, 0.3) is 5.57 Å². The number of carbonyl (C=O) groups excluding carboxylic acids is 3. The summed E-state index contributed by atoms with van der Waals surface area (Å²) in [6.45, 7) is 8.28. The number of quaternary nitrogens is 2. The third-order valence-corrected chi connectivity index (χ3v) is 13.4. The molecule has 3 fully saturated rings. The molecule has 7 rings (SSSR count). The first-order chi connectivity index (χ1) is 27.7. The summed E-state index contributed by atoms with van der Waals surface area (Å²) in [5.74, 6) is 2.64.